The van der Waals surface area contributed by atoms with Crippen molar-refractivity contribution in [2.75, 3.05) is 12.8 Å². The standard InChI is InChI=1S/C10H19N3O2S/c1-8(6-11-16(4,14)15)7-13-10(3)5-9(2)12-13/h5,8,11H,6-7H2,1-4H3/t8-/m1/s1. The number of sulfonamides is 1. The molecular formula is C10H19N3O2S. The lowest BCUT2D eigenvalue weighted by molar-refractivity contribution is 0.436. The van der Waals surface area contributed by atoms with E-state index in [0.717, 1.165) is 17.9 Å². The van der Waals surface area contributed by atoms with Gasteiger partial charge in [-0.1, -0.05) is 6.92 Å². The summed E-state index contributed by atoms with van der Waals surface area (Å²) in [5.41, 5.74) is 2.09. The summed E-state index contributed by atoms with van der Waals surface area (Å²) in [6.07, 6.45) is 1.17. The molecule has 1 N–H and O–H groups in total. The lowest BCUT2D eigenvalue weighted by atomic mass is 10.2. The van der Waals surface area contributed by atoms with E-state index in [1.807, 2.05) is 31.5 Å². The largest absolute Gasteiger partial charge is 0.269 e. The maximum absolute atomic E-state index is 10.9. The molecule has 0 fully saturated rings. The zero-order chi connectivity index (χ0) is 12.3. The van der Waals surface area contributed by atoms with E-state index in [-0.39, 0.29) is 5.92 Å². The van der Waals surface area contributed by atoms with Gasteiger partial charge in [-0.15, -0.1) is 0 Å². The first-order chi connectivity index (χ1) is 7.28. The Kier molecular flexibility index (Phi) is 4.09. The van der Waals surface area contributed by atoms with Crippen molar-refractivity contribution in [3.8, 4) is 0 Å². The SMILES string of the molecule is Cc1cc(C)n(C[C@H](C)CNS(C)(=O)=O)n1. The highest BCUT2D eigenvalue weighted by molar-refractivity contribution is 7.88. The fourth-order valence-electron chi connectivity index (χ4n) is 1.51. The highest BCUT2D eigenvalue weighted by Gasteiger charge is 2.09. The fourth-order valence-corrected chi connectivity index (χ4v) is 2.10. The van der Waals surface area contributed by atoms with E-state index in [9.17, 15) is 8.42 Å². The van der Waals surface area contributed by atoms with Crippen LogP contribution in [0.25, 0.3) is 0 Å². The Hall–Kier alpha value is -0.880. The quantitative estimate of drug-likeness (QED) is 0.830. The Morgan fingerprint density at radius 3 is 2.56 bits per heavy atom. The topological polar surface area (TPSA) is 64.0 Å². The van der Waals surface area contributed by atoms with Gasteiger partial charge in [0.05, 0.1) is 11.9 Å². The van der Waals surface area contributed by atoms with Gasteiger partial charge in [0.1, 0.15) is 0 Å². The van der Waals surface area contributed by atoms with E-state index >= 15 is 0 Å². The van der Waals surface area contributed by atoms with Crippen LogP contribution in [-0.2, 0) is 16.6 Å². The third kappa shape index (κ3) is 4.32. The minimum absolute atomic E-state index is 0.215. The van der Waals surface area contributed by atoms with Gasteiger partial charge in [0, 0.05) is 18.8 Å². The lowest BCUT2D eigenvalue weighted by Crippen LogP contribution is -2.29. The average molecular weight is 245 g/mol. The molecule has 5 nitrogen and oxygen atoms in total. The first kappa shape index (κ1) is 13.2. The Bertz CT molecular complexity index is 451. The second-order valence-corrected chi connectivity index (χ2v) is 6.17. The van der Waals surface area contributed by atoms with Crippen LogP contribution in [0.2, 0.25) is 0 Å². The van der Waals surface area contributed by atoms with Crippen LogP contribution < -0.4 is 4.72 Å². The highest BCUT2D eigenvalue weighted by Crippen LogP contribution is 2.05. The summed E-state index contributed by atoms with van der Waals surface area (Å²) in [6, 6.07) is 2.01. The van der Waals surface area contributed by atoms with Crippen molar-refractivity contribution < 1.29 is 8.42 Å². The molecule has 16 heavy (non-hydrogen) atoms. The van der Waals surface area contributed by atoms with Crippen molar-refractivity contribution in [3.63, 3.8) is 0 Å². The summed E-state index contributed by atoms with van der Waals surface area (Å²) in [4.78, 5) is 0. The van der Waals surface area contributed by atoms with Crippen molar-refractivity contribution in [1.82, 2.24) is 14.5 Å². The highest BCUT2D eigenvalue weighted by atomic mass is 32.2. The fraction of sp³-hybridized carbons (Fsp3) is 0.700. The molecule has 0 unspecified atom stereocenters. The average Bonchev–Trinajstić information content (AvgIpc) is 2.41. The molecule has 0 spiro atoms. The molecule has 0 aromatic carbocycles. The molecule has 0 saturated carbocycles. The number of aromatic nitrogens is 2. The molecule has 1 aromatic heterocycles. The van der Waals surface area contributed by atoms with Crippen LogP contribution in [0.1, 0.15) is 18.3 Å². The molecule has 1 atom stereocenters. The van der Waals surface area contributed by atoms with Gasteiger partial charge in [-0.2, -0.15) is 5.10 Å². The van der Waals surface area contributed by atoms with Gasteiger partial charge in [0.15, 0.2) is 0 Å². The van der Waals surface area contributed by atoms with Crippen LogP contribution in [0.3, 0.4) is 0 Å². The molecule has 0 aliphatic rings. The molecular weight excluding hydrogens is 226 g/mol. The molecule has 0 aliphatic heterocycles. The molecule has 1 rings (SSSR count). The summed E-state index contributed by atoms with van der Waals surface area (Å²) in [5.74, 6) is 0.215. The summed E-state index contributed by atoms with van der Waals surface area (Å²) in [5, 5.41) is 4.33. The molecule has 1 aromatic rings. The van der Waals surface area contributed by atoms with E-state index in [1.54, 1.807) is 0 Å². The van der Waals surface area contributed by atoms with Gasteiger partial charge >= 0.3 is 0 Å². The van der Waals surface area contributed by atoms with Gasteiger partial charge in [-0.05, 0) is 25.8 Å². The first-order valence-corrected chi connectivity index (χ1v) is 7.13. The number of hydrogen-bond acceptors (Lipinski definition) is 3. The Balaban J connectivity index is 2.52. The van der Waals surface area contributed by atoms with Crippen LogP contribution >= 0.6 is 0 Å². The van der Waals surface area contributed by atoms with Crippen LogP contribution in [0.15, 0.2) is 6.07 Å². The molecule has 0 amide bonds. The van der Waals surface area contributed by atoms with Gasteiger partial charge in [-0.3, -0.25) is 4.68 Å². The van der Waals surface area contributed by atoms with E-state index < -0.39 is 10.0 Å². The number of nitrogens with zero attached hydrogens (tertiary/aromatic N) is 2. The van der Waals surface area contributed by atoms with Crippen molar-refractivity contribution in [2.45, 2.75) is 27.3 Å². The molecule has 0 aliphatic carbocycles. The van der Waals surface area contributed by atoms with Crippen molar-refractivity contribution in [2.24, 2.45) is 5.92 Å². The zero-order valence-corrected chi connectivity index (χ0v) is 11.0. The first-order valence-electron chi connectivity index (χ1n) is 5.23. The van der Waals surface area contributed by atoms with E-state index in [4.69, 9.17) is 0 Å². The predicted molar refractivity (Wildman–Crippen MR) is 63.7 cm³/mol. The third-order valence-electron chi connectivity index (χ3n) is 2.28. The zero-order valence-electron chi connectivity index (χ0n) is 10.2. The summed E-state index contributed by atoms with van der Waals surface area (Å²) < 4.78 is 26.3. The monoisotopic (exact) mass is 245 g/mol. The van der Waals surface area contributed by atoms with Crippen LogP contribution in [0.5, 0.6) is 0 Å². The molecule has 0 saturated heterocycles. The minimum Gasteiger partial charge on any atom is -0.269 e. The Morgan fingerprint density at radius 2 is 2.12 bits per heavy atom. The Morgan fingerprint density at radius 1 is 1.50 bits per heavy atom. The number of nitrogens with one attached hydrogen (secondary N) is 1. The van der Waals surface area contributed by atoms with Gasteiger partial charge in [0.2, 0.25) is 10.0 Å². The van der Waals surface area contributed by atoms with Crippen LogP contribution in [0, 0.1) is 19.8 Å². The maximum atomic E-state index is 10.9. The number of rotatable bonds is 5. The smallest absolute Gasteiger partial charge is 0.208 e. The van der Waals surface area contributed by atoms with E-state index in [1.165, 1.54) is 6.26 Å². The third-order valence-corrected chi connectivity index (χ3v) is 2.97. The number of aryl methyl sites for hydroxylation is 2. The summed E-state index contributed by atoms with van der Waals surface area (Å²) in [7, 11) is -3.10. The second kappa shape index (κ2) is 4.97. The van der Waals surface area contributed by atoms with Gasteiger partial charge in [-0.25, -0.2) is 13.1 Å². The van der Waals surface area contributed by atoms with Crippen LogP contribution in [-0.4, -0.2) is 31.0 Å². The minimum atomic E-state index is -3.10. The predicted octanol–water partition coefficient (Wildman–Crippen LogP) is 0.685. The van der Waals surface area contributed by atoms with E-state index in [0.29, 0.717) is 6.54 Å². The number of hydrogen-bond donors (Lipinski definition) is 1. The lowest BCUT2D eigenvalue weighted by Gasteiger charge is -2.12. The van der Waals surface area contributed by atoms with Gasteiger partial charge < -0.3 is 0 Å². The molecule has 92 valence electrons. The van der Waals surface area contributed by atoms with E-state index in [2.05, 4.69) is 9.82 Å². The van der Waals surface area contributed by atoms with Crippen molar-refractivity contribution in [1.29, 1.82) is 0 Å². The Labute approximate surface area is 96.9 Å². The maximum Gasteiger partial charge on any atom is 0.208 e. The normalized spacial score (nSPS) is 14.0. The molecule has 0 bridgehead atoms. The van der Waals surface area contributed by atoms with Crippen LogP contribution in [0.4, 0.5) is 0 Å². The summed E-state index contributed by atoms with van der Waals surface area (Å²) >= 11 is 0. The molecule has 1 heterocycles. The molecule has 0 radical (unpaired) electrons. The van der Waals surface area contributed by atoms with Crippen molar-refractivity contribution >= 4 is 10.0 Å². The van der Waals surface area contributed by atoms with Crippen molar-refractivity contribution in [3.05, 3.63) is 17.5 Å². The van der Waals surface area contributed by atoms with Gasteiger partial charge in [0.25, 0.3) is 0 Å². The summed E-state index contributed by atoms with van der Waals surface area (Å²) in [6.45, 7) is 7.10. The second-order valence-electron chi connectivity index (χ2n) is 4.34. The molecule has 6 heteroatoms.